The fourth-order valence-corrected chi connectivity index (χ4v) is 4.13. The Kier molecular flexibility index (Phi) is 5.66. The number of hydrogen-bond donors (Lipinski definition) is 0. The van der Waals surface area contributed by atoms with E-state index in [0.717, 1.165) is 15.6 Å². The van der Waals surface area contributed by atoms with Crippen LogP contribution in [0.1, 0.15) is 16.0 Å². The first-order chi connectivity index (χ1) is 9.45. The highest BCUT2D eigenvalue weighted by Crippen LogP contribution is 2.44. The van der Waals surface area contributed by atoms with Crippen LogP contribution in [0, 0.1) is 0 Å². The van der Waals surface area contributed by atoms with Gasteiger partial charge in [-0.1, -0.05) is 62.9 Å². The first kappa shape index (κ1) is 16.4. The van der Waals surface area contributed by atoms with E-state index < -0.39 is 0 Å². The minimum absolute atomic E-state index is 0.182. The highest BCUT2D eigenvalue weighted by atomic mass is 79.9. The molecule has 0 aliphatic rings. The summed E-state index contributed by atoms with van der Waals surface area (Å²) in [4.78, 5) is -0.182. The number of benzene rings is 2. The maximum absolute atomic E-state index is 6.27. The van der Waals surface area contributed by atoms with Gasteiger partial charge in [-0.3, -0.25) is 0 Å². The van der Waals surface area contributed by atoms with Gasteiger partial charge in [0.2, 0.25) is 0 Å². The number of halogens is 5. The molecule has 106 valence electrons. The normalized spacial score (nSPS) is 12.3. The molecule has 2 rings (SSSR count). The summed E-state index contributed by atoms with van der Waals surface area (Å²) in [6, 6.07) is 9.12. The zero-order valence-electron chi connectivity index (χ0n) is 10.3. The van der Waals surface area contributed by atoms with E-state index in [4.69, 9.17) is 39.5 Å². The van der Waals surface area contributed by atoms with E-state index in [1.807, 2.05) is 18.2 Å². The van der Waals surface area contributed by atoms with Crippen molar-refractivity contribution in [3.05, 3.63) is 61.0 Å². The summed E-state index contributed by atoms with van der Waals surface area (Å²) in [7, 11) is 1.61. The predicted molar refractivity (Wildman–Crippen MR) is 92.9 cm³/mol. The van der Waals surface area contributed by atoms with Crippen LogP contribution >= 0.6 is 66.7 Å². The van der Waals surface area contributed by atoms with Gasteiger partial charge in [0, 0.05) is 10.6 Å². The average molecular weight is 459 g/mol. The summed E-state index contributed by atoms with van der Waals surface area (Å²) in [6.07, 6.45) is 0. The minimum Gasteiger partial charge on any atom is -0.495 e. The molecule has 1 atom stereocenters. The fraction of sp³-hybridized carbons (Fsp3) is 0.143. The molecule has 0 aromatic heterocycles. The Morgan fingerprint density at radius 2 is 1.80 bits per heavy atom. The molecule has 0 saturated carbocycles. The molecule has 1 unspecified atom stereocenters. The summed E-state index contributed by atoms with van der Waals surface area (Å²) in [5.41, 5.74) is 1.72. The van der Waals surface area contributed by atoms with Crippen molar-refractivity contribution >= 4 is 66.7 Å². The molecule has 0 aliphatic heterocycles. The van der Waals surface area contributed by atoms with Crippen molar-refractivity contribution in [2.75, 3.05) is 7.11 Å². The summed E-state index contributed by atoms with van der Waals surface area (Å²) >= 11 is 25.5. The molecule has 0 fully saturated rings. The zero-order chi connectivity index (χ0) is 14.9. The second-order valence-electron chi connectivity index (χ2n) is 4.02. The van der Waals surface area contributed by atoms with E-state index >= 15 is 0 Å². The summed E-state index contributed by atoms with van der Waals surface area (Å²) in [6.45, 7) is 0. The van der Waals surface area contributed by atoms with Crippen LogP contribution < -0.4 is 4.74 Å². The van der Waals surface area contributed by atoms with Crippen molar-refractivity contribution in [1.29, 1.82) is 0 Å². The number of hydrogen-bond acceptors (Lipinski definition) is 1. The molecule has 0 radical (unpaired) electrons. The summed E-state index contributed by atoms with van der Waals surface area (Å²) < 4.78 is 6.21. The van der Waals surface area contributed by atoms with E-state index in [-0.39, 0.29) is 4.83 Å². The van der Waals surface area contributed by atoms with Crippen LogP contribution in [-0.4, -0.2) is 7.11 Å². The van der Waals surface area contributed by atoms with Gasteiger partial charge in [0.15, 0.2) is 0 Å². The van der Waals surface area contributed by atoms with Gasteiger partial charge in [-0.2, -0.15) is 0 Å². The van der Waals surface area contributed by atoms with Gasteiger partial charge < -0.3 is 4.74 Å². The first-order valence-corrected chi connectivity index (χ1v) is 8.41. The molecule has 0 saturated heterocycles. The Bertz CT molecular complexity index is 647. The second-order valence-corrected chi connectivity index (χ2v) is 7.01. The number of methoxy groups -OCH3 is 1. The topological polar surface area (TPSA) is 9.23 Å². The monoisotopic (exact) mass is 456 g/mol. The Morgan fingerprint density at radius 3 is 2.45 bits per heavy atom. The van der Waals surface area contributed by atoms with Crippen LogP contribution in [-0.2, 0) is 0 Å². The third-order valence-electron chi connectivity index (χ3n) is 2.77. The van der Waals surface area contributed by atoms with Crippen LogP contribution in [0.2, 0.25) is 15.1 Å². The Morgan fingerprint density at radius 1 is 1.10 bits per heavy atom. The highest BCUT2D eigenvalue weighted by Gasteiger charge is 2.21. The predicted octanol–water partition coefficient (Wildman–Crippen LogP) is 6.90. The molecule has 0 amide bonds. The SMILES string of the molecule is COc1c(Br)cc(Cl)cc1C(Br)c1cccc(Cl)c1Cl. The van der Waals surface area contributed by atoms with Gasteiger partial charge in [-0.15, -0.1) is 0 Å². The van der Waals surface area contributed by atoms with Crippen LogP contribution in [0.15, 0.2) is 34.8 Å². The zero-order valence-corrected chi connectivity index (χ0v) is 15.7. The lowest BCUT2D eigenvalue weighted by atomic mass is 10.0. The van der Waals surface area contributed by atoms with E-state index in [0.29, 0.717) is 20.8 Å². The van der Waals surface area contributed by atoms with E-state index in [1.165, 1.54) is 0 Å². The molecule has 0 bridgehead atoms. The number of ether oxygens (including phenoxy) is 1. The minimum atomic E-state index is -0.182. The summed E-state index contributed by atoms with van der Waals surface area (Å²) in [5.74, 6) is 0.701. The van der Waals surface area contributed by atoms with E-state index in [1.54, 1.807) is 19.2 Å². The fourth-order valence-electron chi connectivity index (χ4n) is 1.87. The van der Waals surface area contributed by atoms with Crippen LogP contribution in [0.5, 0.6) is 5.75 Å². The third kappa shape index (κ3) is 3.28. The van der Waals surface area contributed by atoms with Gasteiger partial charge in [0.05, 0.1) is 26.5 Å². The lowest BCUT2D eigenvalue weighted by molar-refractivity contribution is 0.408. The lowest BCUT2D eigenvalue weighted by Crippen LogP contribution is -1.99. The third-order valence-corrected chi connectivity index (χ3v) is 5.40. The van der Waals surface area contributed by atoms with Crippen molar-refractivity contribution in [2.45, 2.75) is 4.83 Å². The van der Waals surface area contributed by atoms with Gasteiger partial charge in [0.25, 0.3) is 0 Å². The van der Waals surface area contributed by atoms with Crippen molar-refractivity contribution in [3.63, 3.8) is 0 Å². The summed E-state index contributed by atoms with van der Waals surface area (Å²) in [5, 5.41) is 1.62. The van der Waals surface area contributed by atoms with Crippen molar-refractivity contribution in [2.24, 2.45) is 0 Å². The second kappa shape index (κ2) is 6.89. The van der Waals surface area contributed by atoms with Gasteiger partial charge in [-0.05, 0) is 39.7 Å². The van der Waals surface area contributed by atoms with Gasteiger partial charge in [0.1, 0.15) is 5.75 Å². The maximum atomic E-state index is 6.27. The molecule has 2 aromatic rings. The first-order valence-electron chi connectivity index (χ1n) is 5.56. The Balaban J connectivity index is 2.58. The van der Waals surface area contributed by atoms with Crippen LogP contribution in [0.4, 0.5) is 0 Å². The molecule has 20 heavy (non-hydrogen) atoms. The van der Waals surface area contributed by atoms with E-state index in [2.05, 4.69) is 31.9 Å². The largest absolute Gasteiger partial charge is 0.495 e. The highest BCUT2D eigenvalue weighted by molar-refractivity contribution is 9.10. The van der Waals surface area contributed by atoms with E-state index in [9.17, 15) is 0 Å². The molecule has 6 heteroatoms. The Hall–Kier alpha value is 0.0700. The van der Waals surface area contributed by atoms with Crippen molar-refractivity contribution in [1.82, 2.24) is 0 Å². The number of rotatable bonds is 3. The molecular formula is C14H9Br2Cl3O. The van der Waals surface area contributed by atoms with Crippen molar-refractivity contribution < 1.29 is 4.74 Å². The average Bonchev–Trinajstić information content (AvgIpc) is 2.40. The quantitative estimate of drug-likeness (QED) is 0.454. The molecule has 0 N–H and O–H groups in total. The molecular weight excluding hydrogens is 450 g/mol. The maximum Gasteiger partial charge on any atom is 0.137 e. The number of alkyl halides is 1. The van der Waals surface area contributed by atoms with Crippen molar-refractivity contribution in [3.8, 4) is 5.75 Å². The smallest absolute Gasteiger partial charge is 0.137 e. The molecule has 0 aliphatic carbocycles. The molecule has 0 spiro atoms. The lowest BCUT2D eigenvalue weighted by Gasteiger charge is -2.18. The van der Waals surface area contributed by atoms with Gasteiger partial charge in [-0.25, -0.2) is 0 Å². The standard InChI is InChI=1S/C14H9Br2Cl3O/c1-20-14-9(5-7(17)6-10(14)15)12(16)8-3-2-4-11(18)13(8)19/h2-6,12H,1H3. The molecule has 1 nitrogen and oxygen atoms in total. The Labute approximate surface area is 149 Å². The van der Waals surface area contributed by atoms with Gasteiger partial charge >= 0.3 is 0 Å². The van der Waals surface area contributed by atoms with Crippen LogP contribution in [0.25, 0.3) is 0 Å². The molecule has 0 heterocycles. The van der Waals surface area contributed by atoms with Crippen LogP contribution in [0.3, 0.4) is 0 Å². The molecule has 2 aromatic carbocycles.